The smallest absolute Gasteiger partial charge is 0.104 e. The molecule has 0 bridgehead atoms. The highest BCUT2D eigenvalue weighted by molar-refractivity contribution is 14.1. The maximum atomic E-state index is 14.6. The minimum absolute atomic E-state index is 0.107. The van der Waals surface area contributed by atoms with E-state index < -0.39 is 6.17 Å². The van der Waals surface area contributed by atoms with Crippen LogP contribution in [0.1, 0.15) is 103 Å². The van der Waals surface area contributed by atoms with Gasteiger partial charge in [-0.25, -0.2) is 8.78 Å². The highest BCUT2D eigenvalue weighted by Crippen LogP contribution is 2.44. The molecule has 3 fully saturated rings. The summed E-state index contributed by atoms with van der Waals surface area (Å²) in [4.78, 5) is 0. The molecule has 4 heteroatoms. The molecule has 0 aliphatic heterocycles. The van der Waals surface area contributed by atoms with Gasteiger partial charge in [0.1, 0.15) is 6.17 Å². The standard InChI is InChI=1S/C27H44F3I/c1-19(29)21(13-14-24(18-28)22-5-3-2-4-6-22)10-7-20-8-11-23(12-9-20)26-16-15-25(31)17-27(26)30/h20-27H,1-18H2/t20?,21-,23?,24?,25?,26?,27?/m0/s1. The Morgan fingerprint density at radius 2 is 1.61 bits per heavy atom. The van der Waals surface area contributed by atoms with Gasteiger partial charge in [-0.3, -0.25) is 4.39 Å². The zero-order chi connectivity index (χ0) is 22.2. The summed E-state index contributed by atoms with van der Waals surface area (Å²) in [5, 5.41) is 0. The molecule has 0 saturated heterocycles. The van der Waals surface area contributed by atoms with E-state index >= 15 is 0 Å². The van der Waals surface area contributed by atoms with Crippen LogP contribution in [0.5, 0.6) is 0 Å². The van der Waals surface area contributed by atoms with E-state index in [9.17, 15) is 13.2 Å². The van der Waals surface area contributed by atoms with Crippen molar-refractivity contribution in [3.05, 3.63) is 12.4 Å². The van der Waals surface area contributed by atoms with Crippen molar-refractivity contribution < 1.29 is 13.2 Å². The Kier molecular flexibility index (Phi) is 11.0. The minimum atomic E-state index is -0.607. The third kappa shape index (κ3) is 7.91. The SMILES string of the molecule is C=C(F)[C@@H](CCC1CCC(C2CCC(I)CC2F)CC1)CCC(CF)C1CCCCC1. The lowest BCUT2D eigenvalue weighted by Gasteiger charge is -2.39. The summed E-state index contributed by atoms with van der Waals surface area (Å²) >= 11 is 2.41. The second kappa shape index (κ2) is 13.2. The van der Waals surface area contributed by atoms with Crippen molar-refractivity contribution in [2.45, 2.75) is 113 Å². The fourth-order valence-corrected chi connectivity index (χ4v) is 7.73. The predicted molar refractivity (Wildman–Crippen MR) is 134 cm³/mol. The maximum absolute atomic E-state index is 14.6. The van der Waals surface area contributed by atoms with E-state index in [1.165, 1.54) is 38.5 Å². The van der Waals surface area contributed by atoms with Crippen LogP contribution in [0, 0.1) is 35.5 Å². The third-order valence-corrected chi connectivity index (χ3v) is 10.2. The van der Waals surface area contributed by atoms with Gasteiger partial charge in [-0.1, -0.05) is 74.1 Å². The van der Waals surface area contributed by atoms with E-state index in [4.69, 9.17) is 0 Å². The Hall–Kier alpha value is 0.260. The van der Waals surface area contributed by atoms with Crippen LogP contribution >= 0.6 is 22.6 Å². The van der Waals surface area contributed by atoms with Crippen molar-refractivity contribution in [1.29, 1.82) is 0 Å². The van der Waals surface area contributed by atoms with Crippen LogP contribution in [0.3, 0.4) is 0 Å². The lowest BCUT2D eigenvalue weighted by molar-refractivity contribution is 0.0835. The maximum Gasteiger partial charge on any atom is 0.104 e. The summed E-state index contributed by atoms with van der Waals surface area (Å²) < 4.78 is 42.9. The summed E-state index contributed by atoms with van der Waals surface area (Å²) in [6.07, 6.45) is 16.5. The number of rotatable bonds is 10. The number of allylic oxidation sites excluding steroid dienone is 1. The molecule has 0 nitrogen and oxygen atoms in total. The van der Waals surface area contributed by atoms with Crippen LogP contribution in [-0.4, -0.2) is 16.8 Å². The van der Waals surface area contributed by atoms with Crippen LogP contribution in [0.4, 0.5) is 13.2 Å². The van der Waals surface area contributed by atoms with E-state index in [2.05, 4.69) is 29.2 Å². The van der Waals surface area contributed by atoms with Crippen LogP contribution < -0.4 is 0 Å². The molecular weight excluding hydrogens is 508 g/mol. The minimum Gasteiger partial charge on any atom is -0.251 e. The van der Waals surface area contributed by atoms with E-state index in [1.54, 1.807) is 0 Å². The monoisotopic (exact) mass is 552 g/mol. The van der Waals surface area contributed by atoms with Crippen molar-refractivity contribution >= 4 is 22.6 Å². The molecule has 4 unspecified atom stereocenters. The predicted octanol–water partition coefficient (Wildman–Crippen LogP) is 9.56. The lowest BCUT2D eigenvalue weighted by atomic mass is 9.69. The number of hydrogen-bond donors (Lipinski definition) is 0. The molecule has 0 radical (unpaired) electrons. The van der Waals surface area contributed by atoms with Crippen molar-refractivity contribution in [1.82, 2.24) is 0 Å². The molecule has 0 heterocycles. The van der Waals surface area contributed by atoms with Gasteiger partial charge in [0.2, 0.25) is 0 Å². The molecule has 0 aromatic carbocycles. The highest BCUT2D eigenvalue weighted by atomic mass is 127. The molecule has 0 amide bonds. The van der Waals surface area contributed by atoms with E-state index in [0.29, 0.717) is 21.7 Å². The Morgan fingerprint density at radius 1 is 0.903 bits per heavy atom. The number of alkyl halides is 3. The van der Waals surface area contributed by atoms with Crippen LogP contribution in [0.25, 0.3) is 0 Å². The first-order valence-electron chi connectivity index (χ1n) is 13.2. The summed E-state index contributed by atoms with van der Waals surface area (Å²) in [5.74, 6) is 1.79. The molecule has 3 saturated carbocycles. The van der Waals surface area contributed by atoms with Gasteiger partial charge in [-0.05, 0) is 87.4 Å². The second-order valence-electron chi connectivity index (χ2n) is 11.0. The van der Waals surface area contributed by atoms with Crippen LogP contribution in [-0.2, 0) is 0 Å². The summed E-state index contributed by atoms with van der Waals surface area (Å²) in [7, 11) is 0. The van der Waals surface area contributed by atoms with Gasteiger partial charge in [-0.2, -0.15) is 0 Å². The molecule has 0 aromatic rings. The normalized spacial score (nSPS) is 34.9. The lowest BCUT2D eigenvalue weighted by Crippen LogP contribution is -2.34. The van der Waals surface area contributed by atoms with Crippen LogP contribution in [0.2, 0.25) is 0 Å². The fourth-order valence-electron chi connectivity index (χ4n) is 6.88. The number of hydrogen-bond acceptors (Lipinski definition) is 0. The van der Waals surface area contributed by atoms with Gasteiger partial charge in [0.15, 0.2) is 0 Å². The molecule has 31 heavy (non-hydrogen) atoms. The molecule has 3 aliphatic carbocycles. The summed E-state index contributed by atoms with van der Waals surface area (Å²) in [6, 6.07) is 0. The molecular formula is C27H44F3I. The molecule has 180 valence electrons. The molecule has 0 aromatic heterocycles. The van der Waals surface area contributed by atoms with Gasteiger partial charge in [0, 0.05) is 9.84 Å². The van der Waals surface area contributed by atoms with Gasteiger partial charge >= 0.3 is 0 Å². The number of halogens is 4. The van der Waals surface area contributed by atoms with Crippen molar-refractivity contribution in [3.8, 4) is 0 Å². The molecule has 3 aliphatic rings. The first-order valence-corrected chi connectivity index (χ1v) is 14.4. The molecule has 3 rings (SSSR count). The molecule has 0 spiro atoms. The zero-order valence-corrected chi connectivity index (χ0v) is 21.5. The molecule has 0 N–H and O–H groups in total. The van der Waals surface area contributed by atoms with E-state index in [1.807, 2.05) is 0 Å². The summed E-state index contributed by atoms with van der Waals surface area (Å²) in [5.41, 5.74) is 0. The first kappa shape index (κ1) is 25.9. The largest absolute Gasteiger partial charge is 0.251 e. The Balaban J connectivity index is 1.39. The van der Waals surface area contributed by atoms with Crippen LogP contribution in [0.15, 0.2) is 12.4 Å². The summed E-state index contributed by atoms with van der Waals surface area (Å²) in [6.45, 7) is 3.37. The average molecular weight is 553 g/mol. The highest BCUT2D eigenvalue weighted by Gasteiger charge is 2.36. The quantitative estimate of drug-likeness (QED) is 0.187. The Morgan fingerprint density at radius 3 is 2.23 bits per heavy atom. The fraction of sp³-hybridized carbons (Fsp3) is 0.926. The molecule has 5 atom stereocenters. The second-order valence-corrected chi connectivity index (χ2v) is 12.7. The van der Waals surface area contributed by atoms with Crippen molar-refractivity contribution in [2.24, 2.45) is 35.5 Å². The topological polar surface area (TPSA) is 0 Å². The van der Waals surface area contributed by atoms with Gasteiger partial charge in [-0.15, -0.1) is 0 Å². The van der Waals surface area contributed by atoms with Gasteiger partial charge in [0.25, 0.3) is 0 Å². The van der Waals surface area contributed by atoms with E-state index in [0.717, 1.165) is 64.2 Å². The zero-order valence-electron chi connectivity index (χ0n) is 19.4. The van der Waals surface area contributed by atoms with Gasteiger partial charge in [0.05, 0.1) is 12.5 Å². The van der Waals surface area contributed by atoms with Crippen molar-refractivity contribution in [3.63, 3.8) is 0 Å². The van der Waals surface area contributed by atoms with E-state index in [-0.39, 0.29) is 30.3 Å². The first-order chi connectivity index (χ1) is 15.0. The Labute approximate surface area is 202 Å². The van der Waals surface area contributed by atoms with Crippen molar-refractivity contribution in [2.75, 3.05) is 6.67 Å². The Bertz CT molecular complexity index is 525. The third-order valence-electron chi connectivity index (χ3n) is 9.02. The average Bonchev–Trinajstić information content (AvgIpc) is 2.77. The van der Waals surface area contributed by atoms with Gasteiger partial charge < -0.3 is 0 Å².